The molecular formula is C11H22F6N4O2. The zero-order valence-electron chi connectivity index (χ0n) is 12.9. The van der Waals surface area contributed by atoms with Crippen molar-refractivity contribution < 1.29 is 35.9 Å². The molecule has 0 saturated carbocycles. The van der Waals surface area contributed by atoms with Crippen LogP contribution in [0.3, 0.4) is 0 Å². The number of hydrogen-bond acceptors (Lipinski definition) is 5. The number of nitrogens with two attached hydrogens (primary N) is 3. The molecule has 0 aliphatic heterocycles. The summed E-state index contributed by atoms with van der Waals surface area (Å²) in [7, 11) is 0. The zero-order valence-corrected chi connectivity index (χ0v) is 12.9. The van der Waals surface area contributed by atoms with Crippen molar-refractivity contribution in [3.63, 3.8) is 0 Å². The average Bonchev–Trinajstić information content (AvgIpc) is 2.31. The van der Waals surface area contributed by atoms with Gasteiger partial charge >= 0.3 is 18.4 Å². The van der Waals surface area contributed by atoms with E-state index < -0.39 is 49.2 Å². The van der Waals surface area contributed by atoms with Crippen LogP contribution in [0, 0.1) is 0 Å². The molecule has 0 saturated heterocycles. The van der Waals surface area contributed by atoms with Crippen molar-refractivity contribution in [2.45, 2.75) is 50.8 Å². The van der Waals surface area contributed by atoms with Gasteiger partial charge in [0.2, 0.25) is 0 Å². The molecule has 0 aliphatic rings. The van der Waals surface area contributed by atoms with E-state index in [9.17, 15) is 31.1 Å². The van der Waals surface area contributed by atoms with Gasteiger partial charge in [-0.25, -0.2) is 4.79 Å². The molecule has 0 spiro atoms. The third kappa shape index (κ3) is 14.1. The van der Waals surface area contributed by atoms with E-state index in [4.69, 9.17) is 10.5 Å². The highest BCUT2D eigenvalue weighted by atomic mass is 19.4. The number of hydrogen-bond donors (Lipinski definition) is 4. The molecule has 0 heterocycles. The lowest BCUT2D eigenvalue weighted by Crippen LogP contribution is -2.47. The largest absolute Gasteiger partial charge is 0.444 e. The fourth-order valence-corrected chi connectivity index (χ4v) is 0.757. The molecule has 6 nitrogen and oxygen atoms in total. The van der Waals surface area contributed by atoms with Crippen LogP contribution in [0.2, 0.25) is 0 Å². The van der Waals surface area contributed by atoms with Crippen molar-refractivity contribution in [3.8, 4) is 0 Å². The van der Waals surface area contributed by atoms with Crippen molar-refractivity contribution in [1.82, 2.24) is 5.32 Å². The molecule has 0 aromatic rings. The topological polar surface area (TPSA) is 116 Å². The summed E-state index contributed by atoms with van der Waals surface area (Å²) in [5.41, 5.74) is 13.1. The SMILES string of the molecule is CC(C)(C)OC(=O)NCC(N)C(F)(F)F.NCC(N)C(F)(F)F. The first kappa shape index (κ1) is 24.0. The zero-order chi connectivity index (χ0) is 19.1. The van der Waals surface area contributed by atoms with E-state index in [1.807, 2.05) is 5.32 Å². The first-order valence-electron chi connectivity index (χ1n) is 6.32. The summed E-state index contributed by atoms with van der Waals surface area (Å²) >= 11 is 0. The van der Waals surface area contributed by atoms with Gasteiger partial charge in [0.1, 0.15) is 17.7 Å². The maximum Gasteiger partial charge on any atom is 0.407 e. The molecule has 0 bridgehead atoms. The number of rotatable bonds is 3. The molecule has 2 unspecified atom stereocenters. The molecule has 23 heavy (non-hydrogen) atoms. The van der Waals surface area contributed by atoms with Crippen LogP contribution in [0.1, 0.15) is 20.8 Å². The lowest BCUT2D eigenvalue weighted by Gasteiger charge is -2.21. The molecular weight excluding hydrogens is 334 g/mol. The van der Waals surface area contributed by atoms with Gasteiger partial charge in [-0.05, 0) is 20.8 Å². The van der Waals surface area contributed by atoms with Crippen LogP contribution in [0.25, 0.3) is 0 Å². The minimum atomic E-state index is -4.52. The maximum absolute atomic E-state index is 11.9. The molecule has 12 heteroatoms. The van der Waals surface area contributed by atoms with E-state index in [1.165, 1.54) is 0 Å². The van der Waals surface area contributed by atoms with Gasteiger partial charge in [0.25, 0.3) is 0 Å². The Labute approximate surface area is 129 Å². The predicted octanol–water partition coefficient (Wildman–Crippen LogP) is 1.24. The third-order valence-corrected chi connectivity index (χ3v) is 1.96. The Hall–Kier alpha value is -1.27. The van der Waals surface area contributed by atoms with Crippen molar-refractivity contribution in [3.05, 3.63) is 0 Å². The Bertz CT molecular complexity index is 354. The number of amides is 1. The molecule has 0 radical (unpaired) electrons. The fraction of sp³-hybridized carbons (Fsp3) is 0.909. The lowest BCUT2D eigenvalue weighted by molar-refractivity contribution is -0.146. The molecule has 0 rings (SSSR count). The second kappa shape index (κ2) is 9.13. The van der Waals surface area contributed by atoms with Gasteiger partial charge in [-0.1, -0.05) is 0 Å². The highest BCUT2D eigenvalue weighted by molar-refractivity contribution is 5.67. The van der Waals surface area contributed by atoms with Crippen molar-refractivity contribution in [2.24, 2.45) is 17.2 Å². The highest BCUT2D eigenvalue weighted by Crippen LogP contribution is 2.18. The van der Waals surface area contributed by atoms with Crippen LogP contribution in [-0.4, -0.2) is 49.2 Å². The molecule has 140 valence electrons. The first-order chi connectivity index (χ1) is 10.0. The summed E-state index contributed by atoms with van der Waals surface area (Å²) in [6.45, 7) is 3.57. The lowest BCUT2D eigenvalue weighted by atomic mass is 10.2. The van der Waals surface area contributed by atoms with Crippen molar-refractivity contribution in [1.29, 1.82) is 0 Å². The van der Waals surface area contributed by atoms with Gasteiger partial charge in [-0.2, -0.15) is 26.3 Å². The van der Waals surface area contributed by atoms with Crippen LogP contribution in [0.5, 0.6) is 0 Å². The normalized spacial score (nSPS) is 15.1. The minimum absolute atomic E-state index is 0.552. The molecule has 0 aromatic heterocycles. The predicted molar refractivity (Wildman–Crippen MR) is 71.4 cm³/mol. The number of nitrogens with one attached hydrogen (secondary N) is 1. The number of ether oxygens (including phenoxy) is 1. The van der Waals surface area contributed by atoms with E-state index in [0.29, 0.717) is 0 Å². The van der Waals surface area contributed by atoms with Gasteiger partial charge in [0.15, 0.2) is 0 Å². The van der Waals surface area contributed by atoms with Gasteiger partial charge in [0.05, 0.1) is 0 Å². The summed E-state index contributed by atoms with van der Waals surface area (Å²) in [5, 5.41) is 1.94. The molecule has 2 atom stereocenters. The minimum Gasteiger partial charge on any atom is -0.444 e. The monoisotopic (exact) mass is 356 g/mol. The molecule has 7 N–H and O–H groups in total. The molecule has 0 aliphatic carbocycles. The number of halogens is 6. The summed E-state index contributed by atoms with van der Waals surface area (Å²) in [4.78, 5) is 10.9. The third-order valence-electron chi connectivity index (χ3n) is 1.96. The Morgan fingerprint density at radius 2 is 1.39 bits per heavy atom. The van der Waals surface area contributed by atoms with Crippen molar-refractivity contribution >= 4 is 6.09 Å². The fourth-order valence-electron chi connectivity index (χ4n) is 0.757. The molecule has 0 aromatic carbocycles. The van der Waals surface area contributed by atoms with Crippen LogP contribution < -0.4 is 22.5 Å². The van der Waals surface area contributed by atoms with E-state index in [-0.39, 0.29) is 0 Å². The second-order valence-electron chi connectivity index (χ2n) is 5.41. The van der Waals surface area contributed by atoms with Gasteiger partial charge in [-0.15, -0.1) is 0 Å². The van der Waals surface area contributed by atoms with Crippen LogP contribution in [-0.2, 0) is 4.74 Å². The quantitative estimate of drug-likeness (QED) is 0.568. The summed E-state index contributed by atoms with van der Waals surface area (Å²) in [5.74, 6) is 0. The number of carbonyl (C=O) groups excluding carboxylic acids is 1. The Morgan fingerprint density at radius 1 is 1.00 bits per heavy atom. The van der Waals surface area contributed by atoms with E-state index in [1.54, 1.807) is 20.8 Å². The maximum atomic E-state index is 11.9. The standard InChI is InChI=1S/C8H15F3N2O2.C3H7F3N2/c1-7(2,3)15-6(14)13-4-5(12)8(9,10)11;4-3(5,6)2(8)1-7/h5H,4,12H2,1-3H3,(H,13,14);2H,1,7-8H2. The van der Waals surface area contributed by atoms with Crippen molar-refractivity contribution in [2.75, 3.05) is 13.1 Å². The van der Waals surface area contributed by atoms with E-state index in [2.05, 4.69) is 11.5 Å². The van der Waals surface area contributed by atoms with Gasteiger partial charge in [0, 0.05) is 13.1 Å². The number of alkyl halides is 6. The van der Waals surface area contributed by atoms with E-state index in [0.717, 1.165) is 0 Å². The molecule has 1 amide bonds. The Kier molecular flexibility index (Phi) is 9.52. The highest BCUT2D eigenvalue weighted by Gasteiger charge is 2.37. The molecule has 0 fully saturated rings. The van der Waals surface area contributed by atoms with Crippen LogP contribution >= 0.6 is 0 Å². The summed E-state index contributed by atoms with van der Waals surface area (Å²) < 4.78 is 74.2. The van der Waals surface area contributed by atoms with Gasteiger partial charge in [-0.3, -0.25) is 0 Å². The van der Waals surface area contributed by atoms with Crippen LogP contribution in [0.4, 0.5) is 31.1 Å². The smallest absolute Gasteiger partial charge is 0.407 e. The van der Waals surface area contributed by atoms with Crippen LogP contribution in [0.15, 0.2) is 0 Å². The van der Waals surface area contributed by atoms with Gasteiger partial charge < -0.3 is 27.3 Å². The summed E-state index contributed by atoms with van der Waals surface area (Å²) in [6.07, 6.45) is -9.77. The average molecular weight is 356 g/mol. The summed E-state index contributed by atoms with van der Waals surface area (Å²) in [6, 6.07) is -3.95. The number of alkyl carbamates (subject to hydrolysis) is 1. The number of carbonyl (C=O) groups is 1. The Balaban J connectivity index is 0. The van der Waals surface area contributed by atoms with E-state index >= 15 is 0 Å². The Morgan fingerprint density at radius 3 is 1.61 bits per heavy atom. The second-order valence-corrected chi connectivity index (χ2v) is 5.41. The first-order valence-corrected chi connectivity index (χ1v) is 6.32.